The van der Waals surface area contributed by atoms with E-state index in [4.69, 9.17) is 9.90 Å². The molecule has 1 fully saturated rings. The summed E-state index contributed by atoms with van der Waals surface area (Å²) < 4.78 is 31.7. The molecule has 1 aliphatic heterocycles. The Hall–Kier alpha value is -4.33. The molecule has 0 aromatic heterocycles. The SMILES string of the molecule is CC(C)Cc1ccc(C(C)C(=O)NC(CN2CCN(CC(=O)O)CCN(CC(=O)O)CCN(CC(=O)O)CC2)C(=O)O)cc1.O=C(O)C(F)(F)F. The van der Waals surface area contributed by atoms with Crippen LogP contribution in [0.1, 0.15) is 37.8 Å². The normalized spacial score (nSPS) is 17.2. The van der Waals surface area contributed by atoms with Gasteiger partial charge in [-0.3, -0.25) is 38.8 Å². The summed E-state index contributed by atoms with van der Waals surface area (Å²) in [6.45, 7) is 7.03. The number of amides is 1. The fraction of sp³-hybridized carbons (Fsp3) is 0.625. The smallest absolute Gasteiger partial charge is 0.480 e. The third-order valence-electron chi connectivity index (χ3n) is 7.82. The van der Waals surface area contributed by atoms with Gasteiger partial charge in [0.2, 0.25) is 5.91 Å². The lowest BCUT2D eigenvalue weighted by Crippen LogP contribution is -2.53. The van der Waals surface area contributed by atoms with Gasteiger partial charge in [0.1, 0.15) is 6.04 Å². The van der Waals surface area contributed by atoms with Crippen molar-refractivity contribution in [2.24, 2.45) is 5.92 Å². The zero-order valence-electron chi connectivity index (χ0n) is 28.8. The number of hydrogen-bond donors (Lipinski definition) is 6. The summed E-state index contributed by atoms with van der Waals surface area (Å²) in [4.78, 5) is 75.4. The van der Waals surface area contributed by atoms with Crippen LogP contribution in [0, 0.1) is 5.92 Å². The average Bonchev–Trinajstić information content (AvgIpc) is 3.00. The lowest BCUT2D eigenvalue weighted by molar-refractivity contribution is -0.192. The average molecular weight is 736 g/mol. The van der Waals surface area contributed by atoms with Crippen molar-refractivity contribution in [1.29, 1.82) is 0 Å². The Labute approximate surface area is 293 Å². The first-order valence-electron chi connectivity index (χ1n) is 16.1. The number of carboxylic acids is 5. The number of benzene rings is 1. The van der Waals surface area contributed by atoms with E-state index in [1.165, 1.54) is 0 Å². The second-order valence-electron chi connectivity index (χ2n) is 12.6. The van der Waals surface area contributed by atoms with Crippen molar-refractivity contribution in [2.45, 2.75) is 45.3 Å². The van der Waals surface area contributed by atoms with Crippen LogP contribution in [0.5, 0.6) is 0 Å². The molecule has 1 aromatic rings. The monoisotopic (exact) mass is 735 g/mol. The summed E-state index contributed by atoms with van der Waals surface area (Å²) in [6.07, 6.45) is -4.17. The molecule has 1 aliphatic rings. The number of hydrogen-bond acceptors (Lipinski definition) is 10. The first-order chi connectivity index (χ1) is 23.7. The molecule has 1 amide bonds. The van der Waals surface area contributed by atoms with Gasteiger partial charge in [0, 0.05) is 58.9 Å². The van der Waals surface area contributed by atoms with E-state index in [2.05, 4.69) is 19.2 Å². The predicted octanol–water partition coefficient (Wildman–Crippen LogP) is 0.667. The van der Waals surface area contributed by atoms with Crippen molar-refractivity contribution in [2.75, 3.05) is 78.5 Å². The number of alkyl halides is 3. The molecule has 0 bridgehead atoms. The Morgan fingerprint density at radius 2 is 1.02 bits per heavy atom. The molecular weight excluding hydrogens is 687 g/mol. The van der Waals surface area contributed by atoms with Crippen LogP contribution >= 0.6 is 0 Å². The van der Waals surface area contributed by atoms with E-state index < -0.39 is 53.9 Å². The molecule has 0 radical (unpaired) electrons. The van der Waals surface area contributed by atoms with Crippen LogP contribution in [-0.2, 0) is 35.2 Å². The van der Waals surface area contributed by atoms with Gasteiger partial charge in [0.25, 0.3) is 0 Å². The van der Waals surface area contributed by atoms with Crippen LogP contribution in [-0.4, -0.2) is 172 Å². The van der Waals surface area contributed by atoms with Crippen LogP contribution in [0.4, 0.5) is 13.2 Å². The van der Waals surface area contributed by atoms with Crippen molar-refractivity contribution in [1.82, 2.24) is 24.9 Å². The number of nitrogens with zero attached hydrogens (tertiary/aromatic N) is 4. The van der Waals surface area contributed by atoms with E-state index in [1.54, 1.807) is 26.5 Å². The minimum Gasteiger partial charge on any atom is -0.480 e. The van der Waals surface area contributed by atoms with Crippen LogP contribution < -0.4 is 5.32 Å². The highest BCUT2D eigenvalue weighted by Crippen LogP contribution is 2.18. The predicted molar refractivity (Wildman–Crippen MR) is 175 cm³/mol. The molecule has 2 unspecified atom stereocenters. The zero-order chi connectivity index (χ0) is 38.9. The third kappa shape index (κ3) is 19.0. The Kier molecular flexibility index (Phi) is 19.1. The fourth-order valence-electron chi connectivity index (χ4n) is 5.11. The maximum absolute atomic E-state index is 13.1. The van der Waals surface area contributed by atoms with Gasteiger partial charge in [-0.1, -0.05) is 38.1 Å². The molecule has 288 valence electrons. The maximum atomic E-state index is 13.1. The zero-order valence-corrected chi connectivity index (χ0v) is 28.8. The van der Waals surface area contributed by atoms with Crippen molar-refractivity contribution in [3.63, 3.8) is 0 Å². The number of halogens is 3. The van der Waals surface area contributed by atoms with E-state index in [-0.39, 0.29) is 78.5 Å². The maximum Gasteiger partial charge on any atom is 0.490 e. The number of rotatable bonds is 14. The second-order valence-corrected chi connectivity index (χ2v) is 12.6. The van der Waals surface area contributed by atoms with Crippen molar-refractivity contribution < 1.29 is 67.5 Å². The highest BCUT2D eigenvalue weighted by molar-refractivity contribution is 5.88. The quantitative estimate of drug-likeness (QED) is 0.154. The largest absolute Gasteiger partial charge is 0.490 e. The van der Waals surface area contributed by atoms with Gasteiger partial charge >= 0.3 is 36.0 Å². The highest BCUT2D eigenvalue weighted by Gasteiger charge is 2.38. The van der Waals surface area contributed by atoms with Gasteiger partial charge in [-0.05, 0) is 30.4 Å². The van der Waals surface area contributed by atoms with Crippen LogP contribution in [0.25, 0.3) is 0 Å². The van der Waals surface area contributed by atoms with Gasteiger partial charge in [-0.15, -0.1) is 0 Å². The molecule has 1 aromatic carbocycles. The molecular formula is C32H48F3N5O11. The third-order valence-corrected chi connectivity index (χ3v) is 7.82. The summed E-state index contributed by atoms with van der Waals surface area (Å²) in [5.74, 6) is -7.68. The van der Waals surface area contributed by atoms with Crippen LogP contribution in [0.15, 0.2) is 24.3 Å². The van der Waals surface area contributed by atoms with Crippen molar-refractivity contribution >= 4 is 35.8 Å². The van der Waals surface area contributed by atoms with E-state index >= 15 is 0 Å². The fourth-order valence-corrected chi connectivity index (χ4v) is 5.11. The van der Waals surface area contributed by atoms with Gasteiger partial charge in [-0.2, -0.15) is 13.2 Å². The van der Waals surface area contributed by atoms with Gasteiger partial charge in [0.05, 0.1) is 25.6 Å². The van der Waals surface area contributed by atoms with Crippen LogP contribution in [0.2, 0.25) is 0 Å². The molecule has 19 heteroatoms. The molecule has 1 saturated heterocycles. The standard InChI is InChI=1S/C30H47N5O9.C2HF3O2/c1-21(2)16-23-4-6-24(7-5-23)22(3)29(42)31-25(30(43)44)17-32-8-10-33(18-26(36)37)12-14-35(20-28(40)41)15-13-34(11-9-32)19-27(38)39;3-2(4,5)1(6)7/h4-7,21-22,25H,8-20H2,1-3H3,(H,31,42)(H,36,37)(H,38,39)(H,40,41)(H,43,44);(H,6,7). The molecule has 2 atom stereocenters. The molecule has 1 heterocycles. The van der Waals surface area contributed by atoms with Crippen molar-refractivity contribution in [3.05, 3.63) is 35.4 Å². The summed E-state index contributed by atoms with van der Waals surface area (Å²) >= 11 is 0. The molecule has 51 heavy (non-hydrogen) atoms. The Morgan fingerprint density at radius 1 is 0.667 bits per heavy atom. The molecule has 0 spiro atoms. The first kappa shape index (κ1) is 44.7. The first-order valence-corrected chi connectivity index (χ1v) is 16.1. The lowest BCUT2D eigenvalue weighted by atomic mass is 9.96. The highest BCUT2D eigenvalue weighted by atomic mass is 19.4. The lowest BCUT2D eigenvalue weighted by Gasteiger charge is -2.34. The van der Waals surface area contributed by atoms with E-state index in [9.17, 15) is 57.6 Å². The minimum absolute atomic E-state index is 0.0753. The number of carbonyl (C=O) groups is 6. The van der Waals surface area contributed by atoms with E-state index in [1.807, 2.05) is 24.3 Å². The summed E-state index contributed by atoms with van der Waals surface area (Å²) in [5.41, 5.74) is 1.91. The van der Waals surface area contributed by atoms with Crippen molar-refractivity contribution in [3.8, 4) is 0 Å². The van der Waals surface area contributed by atoms with E-state index in [0.717, 1.165) is 17.5 Å². The Balaban J connectivity index is 0.00000167. The number of carboxylic acid groups (broad SMARTS) is 5. The number of carbonyl (C=O) groups excluding carboxylic acids is 1. The molecule has 0 saturated carbocycles. The van der Waals surface area contributed by atoms with Gasteiger partial charge in [-0.25, -0.2) is 9.59 Å². The Morgan fingerprint density at radius 3 is 1.31 bits per heavy atom. The second kappa shape index (κ2) is 21.8. The van der Waals surface area contributed by atoms with Gasteiger partial charge < -0.3 is 30.8 Å². The molecule has 0 aliphatic carbocycles. The minimum atomic E-state index is -5.08. The molecule has 2 rings (SSSR count). The van der Waals surface area contributed by atoms with Gasteiger partial charge in [0.15, 0.2) is 0 Å². The topological polar surface area (TPSA) is 229 Å². The van der Waals surface area contributed by atoms with Crippen LogP contribution in [0.3, 0.4) is 0 Å². The number of aliphatic carboxylic acids is 5. The summed E-state index contributed by atoms with van der Waals surface area (Å²) in [7, 11) is 0. The summed E-state index contributed by atoms with van der Waals surface area (Å²) in [6, 6.07) is 6.43. The van der Waals surface area contributed by atoms with E-state index in [0.29, 0.717) is 5.92 Å². The molecule has 16 nitrogen and oxygen atoms in total. The molecule has 6 N–H and O–H groups in total. The summed E-state index contributed by atoms with van der Waals surface area (Å²) in [5, 5.41) is 47.9. The number of nitrogens with one attached hydrogen (secondary N) is 1. The Bertz CT molecular complexity index is 1280.